The van der Waals surface area contributed by atoms with Gasteiger partial charge in [0.25, 0.3) is 11.6 Å². The first kappa shape index (κ1) is 25.2. The van der Waals surface area contributed by atoms with Crippen LogP contribution in [0.25, 0.3) is 0 Å². The number of amides is 1. The summed E-state index contributed by atoms with van der Waals surface area (Å²) >= 11 is 0. The van der Waals surface area contributed by atoms with Gasteiger partial charge in [0.15, 0.2) is 6.61 Å². The Bertz CT molecular complexity index is 1180. The van der Waals surface area contributed by atoms with E-state index >= 15 is 0 Å². The van der Waals surface area contributed by atoms with Gasteiger partial charge in [-0.25, -0.2) is 4.79 Å². The Hall–Kier alpha value is -3.47. The molecule has 0 radical (unpaired) electrons. The van der Waals surface area contributed by atoms with Crippen molar-refractivity contribution in [3.63, 3.8) is 0 Å². The second kappa shape index (κ2) is 10.6. The molecular formula is C23H26N2O8S. The number of carbonyl (C=O) groups excluding carboxylic acids is 2. The molecule has 2 aromatic rings. The van der Waals surface area contributed by atoms with E-state index in [4.69, 9.17) is 8.92 Å². The zero-order chi connectivity index (χ0) is 24.9. The summed E-state index contributed by atoms with van der Waals surface area (Å²) in [5.74, 6) is -0.823. The Morgan fingerprint density at radius 2 is 1.79 bits per heavy atom. The topological polar surface area (TPSA) is 142 Å². The summed E-state index contributed by atoms with van der Waals surface area (Å²) in [7, 11) is -4.35. The van der Waals surface area contributed by atoms with E-state index in [0.717, 1.165) is 31.7 Å². The van der Waals surface area contributed by atoms with Crippen molar-refractivity contribution in [1.29, 1.82) is 0 Å². The summed E-state index contributed by atoms with van der Waals surface area (Å²) in [5, 5.41) is 13.9. The third-order valence-electron chi connectivity index (χ3n) is 5.74. The molecule has 1 amide bonds. The predicted octanol–water partition coefficient (Wildman–Crippen LogP) is 3.52. The maximum Gasteiger partial charge on any atom is 0.339 e. The number of nitrogens with one attached hydrogen (secondary N) is 1. The van der Waals surface area contributed by atoms with Crippen LogP contribution in [0, 0.1) is 23.0 Å². The molecule has 2 aromatic carbocycles. The maximum absolute atomic E-state index is 12.6. The summed E-state index contributed by atoms with van der Waals surface area (Å²) in [5.41, 5.74) is 0.00894. The fourth-order valence-electron chi connectivity index (χ4n) is 3.78. The monoisotopic (exact) mass is 490 g/mol. The van der Waals surface area contributed by atoms with Crippen molar-refractivity contribution in [2.75, 3.05) is 6.61 Å². The van der Waals surface area contributed by atoms with Gasteiger partial charge in [-0.3, -0.25) is 14.9 Å². The van der Waals surface area contributed by atoms with E-state index in [2.05, 4.69) is 12.2 Å². The van der Waals surface area contributed by atoms with Crippen LogP contribution in [0.15, 0.2) is 47.4 Å². The van der Waals surface area contributed by atoms with Crippen molar-refractivity contribution in [2.45, 2.75) is 50.5 Å². The van der Waals surface area contributed by atoms with E-state index in [1.807, 2.05) is 0 Å². The van der Waals surface area contributed by atoms with Crippen molar-refractivity contribution >= 4 is 27.7 Å². The highest BCUT2D eigenvalue weighted by Gasteiger charge is 2.24. The molecule has 3 rings (SSSR count). The number of benzene rings is 2. The van der Waals surface area contributed by atoms with Crippen LogP contribution in [0.5, 0.6) is 5.75 Å². The molecule has 11 heteroatoms. The van der Waals surface area contributed by atoms with E-state index in [1.54, 1.807) is 0 Å². The van der Waals surface area contributed by atoms with Gasteiger partial charge in [0.05, 0.1) is 10.5 Å². The average Bonchev–Trinajstić information content (AvgIpc) is 2.79. The first-order chi connectivity index (χ1) is 16.1. The number of rotatable bonds is 8. The lowest BCUT2D eigenvalue weighted by Gasteiger charge is -2.29. The molecule has 2 atom stereocenters. The van der Waals surface area contributed by atoms with Gasteiger partial charge >= 0.3 is 16.1 Å². The minimum absolute atomic E-state index is 0.0769. The molecule has 0 aliphatic heterocycles. The number of hydrogen-bond acceptors (Lipinski definition) is 8. The summed E-state index contributed by atoms with van der Waals surface area (Å²) in [4.78, 5) is 34.3. The number of nitrogens with zero attached hydrogens (tertiary/aromatic N) is 1. The second-order valence-corrected chi connectivity index (χ2v) is 9.80. The van der Waals surface area contributed by atoms with E-state index in [9.17, 15) is 28.1 Å². The highest BCUT2D eigenvalue weighted by atomic mass is 32.2. The Balaban J connectivity index is 1.59. The van der Waals surface area contributed by atoms with E-state index in [1.165, 1.54) is 43.3 Å². The molecule has 1 aliphatic rings. The fourth-order valence-corrected chi connectivity index (χ4v) is 4.97. The van der Waals surface area contributed by atoms with Crippen molar-refractivity contribution in [3.05, 3.63) is 63.7 Å². The largest absolute Gasteiger partial charge is 0.452 e. The van der Waals surface area contributed by atoms with Crippen LogP contribution in [-0.2, 0) is 19.6 Å². The van der Waals surface area contributed by atoms with Crippen LogP contribution in [0.3, 0.4) is 0 Å². The summed E-state index contributed by atoms with van der Waals surface area (Å²) in [6.07, 6.45) is 4.16. The van der Waals surface area contributed by atoms with Gasteiger partial charge in [-0.1, -0.05) is 25.8 Å². The Labute approximate surface area is 197 Å². The number of carbonyl (C=O) groups is 2. The predicted molar refractivity (Wildman–Crippen MR) is 122 cm³/mol. The molecule has 182 valence electrons. The molecule has 0 bridgehead atoms. The van der Waals surface area contributed by atoms with E-state index < -0.39 is 27.6 Å². The summed E-state index contributed by atoms with van der Waals surface area (Å²) in [6.45, 7) is 3.16. The zero-order valence-electron chi connectivity index (χ0n) is 18.9. The summed E-state index contributed by atoms with van der Waals surface area (Å²) in [6, 6.07) is 8.63. The number of non-ortho nitro benzene ring substituents is 1. The molecule has 1 aliphatic carbocycles. The maximum atomic E-state index is 12.6. The van der Waals surface area contributed by atoms with E-state index in [-0.39, 0.29) is 39.4 Å². The van der Waals surface area contributed by atoms with Crippen LogP contribution in [0.4, 0.5) is 5.69 Å². The van der Waals surface area contributed by atoms with Crippen LogP contribution in [-0.4, -0.2) is 37.9 Å². The van der Waals surface area contributed by atoms with Crippen LogP contribution < -0.4 is 9.50 Å². The normalized spacial score (nSPS) is 18.1. The average molecular weight is 491 g/mol. The first-order valence-electron chi connectivity index (χ1n) is 10.8. The minimum Gasteiger partial charge on any atom is -0.452 e. The molecule has 1 fully saturated rings. The molecule has 0 aromatic heterocycles. The highest BCUT2D eigenvalue weighted by molar-refractivity contribution is 7.87. The van der Waals surface area contributed by atoms with Gasteiger partial charge in [-0.15, -0.1) is 0 Å². The molecule has 0 heterocycles. The Morgan fingerprint density at radius 3 is 2.44 bits per heavy atom. The molecule has 1 N–H and O–H groups in total. The number of ether oxygens (including phenoxy) is 1. The lowest BCUT2D eigenvalue weighted by atomic mass is 9.86. The van der Waals surface area contributed by atoms with Crippen molar-refractivity contribution in [1.82, 2.24) is 5.32 Å². The minimum atomic E-state index is -4.35. The van der Waals surface area contributed by atoms with Gasteiger partial charge in [-0.05, 0) is 55.5 Å². The van der Waals surface area contributed by atoms with Crippen molar-refractivity contribution in [3.8, 4) is 5.75 Å². The molecule has 1 saturated carbocycles. The number of nitro groups is 1. The summed E-state index contributed by atoms with van der Waals surface area (Å²) < 4.78 is 35.3. The lowest BCUT2D eigenvalue weighted by molar-refractivity contribution is -0.385. The SMILES string of the molecule is Cc1ccc([N+](=O)[O-])cc1S(=O)(=O)Oc1ccc(C(=O)OCC(=O)NC2CCCCC2C)cc1. The van der Waals surface area contributed by atoms with Gasteiger partial charge in [0.1, 0.15) is 10.6 Å². The quantitative estimate of drug-likeness (QED) is 0.256. The second-order valence-electron chi connectivity index (χ2n) is 8.28. The third-order valence-corrected chi connectivity index (χ3v) is 7.13. The standard InChI is InChI=1S/C23H26N2O8S/c1-15-5-3-4-6-20(15)24-22(26)14-32-23(27)17-8-11-19(12-9-17)33-34(30,31)21-13-18(25(28)29)10-7-16(21)2/h7-13,15,20H,3-6,14H2,1-2H3,(H,24,26). The fraction of sp³-hybridized carbons (Fsp3) is 0.391. The first-order valence-corrected chi connectivity index (χ1v) is 12.2. The third kappa shape index (κ3) is 6.31. The smallest absolute Gasteiger partial charge is 0.339 e. The molecule has 0 spiro atoms. The molecule has 10 nitrogen and oxygen atoms in total. The Morgan fingerprint density at radius 1 is 1.12 bits per heavy atom. The van der Waals surface area contributed by atoms with Gasteiger partial charge < -0.3 is 14.2 Å². The van der Waals surface area contributed by atoms with Crippen molar-refractivity contribution in [2.24, 2.45) is 5.92 Å². The molecule has 0 saturated heterocycles. The molecular weight excluding hydrogens is 464 g/mol. The van der Waals surface area contributed by atoms with Gasteiger partial charge in [0, 0.05) is 18.2 Å². The van der Waals surface area contributed by atoms with Crippen LogP contribution >= 0.6 is 0 Å². The Kier molecular flexibility index (Phi) is 7.87. The van der Waals surface area contributed by atoms with Crippen LogP contribution in [0.2, 0.25) is 0 Å². The lowest BCUT2D eigenvalue weighted by Crippen LogP contribution is -2.42. The highest BCUT2D eigenvalue weighted by Crippen LogP contribution is 2.26. The van der Waals surface area contributed by atoms with Crippen LogP contribution in [0.1, 0.15) is 48.5 Å². The number of nitro benzene ring substituents is 1. The zero-order valence-corrected chi connectivity index (χ0v) is 19.7. The molecule has 2 unspecified atom stereocenters. The van der Waals surface area contributed by atoms with Gasteiger partial charge in [0.2, 0.25) is 0 Å². The van der Waals surface area contributed by atoms with Crippen molar-refractivity contribution < 1.29 is 31.9 Å². The van der Waals surface area contributed by atoms with Gasteiger partial charge in [-0.2, -0.15) is 8.42 Å². The molecule has 34 heavy (non-hydrogen) atoms. The van der Waals surface area contributed by atoms with E-state index in [0.29, 0.717) is 5.92 Å². The number of esters is 1. The number of hydrogen-bond donors (Lipinski definition) is 1. The number of aryl methyl sites for hydroxylation is 1.